The Morgan fingerprint density at radius 2 is 1.79 bits per heavy atom. The van der Waals surface area contributed by atoms with Crippen LogP contribution in [0.3, 0.4) is 0 Å². The van der Waals surface area contributed by atoms with Crippen LogP contribution in [0.5, 0.6) is 0 Å². The Hall–Kier alpha value is -2.89. The number of nitrogens with zero attached hydrogens (tertiary/aromatic N) is 5. The van der Waals surface area contributed by atoms with Crippen molar-refractivity contribution >= 4 is 22.6 Å². The average Bonchev–Trinajstić information content (AvgIpc) is 3.12. The molecule has 1 saturated heterocycles. The van der Waals surface area contributed by atoms with Crippen molar-refractivity contribution < 1.29 is 4.79 Å². The van der Waals surface area contributed by atoms with Gasteiger partial charge in [-0.3, -0.25) is 4.79 Å². The summed E-state index contributed by atoms with van der Waals surface area (Å²) >= 11 is 0. The SMILES string of the molecule is Cc1cccc(N2CCN(C(=O)c3cc4cnn(C(C)C)c4nc3C)CC2)c1C. The maximum absolute atomic E-state index is 13.2. The Morgan fingerprint density at radius 1 is 1.07 bits per heavy atom. The molecule has 0 aliphatic carbocycles. The molecule has 1 fully saturated rings. The zero-order valence-corrected chi connectivity index (χ0v) is 17.9. The molecule has 1 aliphatic heterocycles. The first-order valence-corrected chi connectivity index (χ1v) is 10.3. The quantitative estimate of drug-likeness (QED) is 0.679. The molecule has 0 N–H and O–H groups in total. The fourth-order valence-electron chi connectivity index (χ4n) is 4.06. The van der Waals surface area contributed by atoms with E-state index in [0.717, 1.165) is 42.9 Å². The minimum Gasteiger partial charge on any atom is -0.368 e. The number of carbonyl (C=O) groups is 1. The van der Waals surface area contributed by atoms with Crippen molar-refractivity contribution in [1.82, 2.24) is 19.7 Å². The highest BCUT2D eigenvalue weighted by Crippen LogP contribution is 2.25. The van der Waals surface area contributed by atoms with Gasteiger partial charge in [0.15, 0.2) is 5.65 Å². The zero-order chi connectivity index (χ0) is 20.7. The second-order valence-corrected chi connectivity index (χ2v) is 8.22. The standard InChI is InChI=1S/C23H29N5O/c1-15(2)28-22-19(14-24-28)13-20(18(5)25-22)23(29)27-11-9-26(10-12-27)21-8-6-7-16(3)17(21)4/h6-8,13-15H,9-12H2,1-5H3. The van der Waals surface area contributed by atoms with Crippen molar-refractivity contribution in [3.05, 3.63) is 52.8 Å². The molecule has 29 heavy (non-hydrogen) atoms. The van der Waals surface area contributed by atoms with Crippen LogP contribution in [-0.4, -0.2) is 51.8 Å². The Labute approximate surface area is 172 Å². The number of aryl methyl sites for hydroxylation is 2. The molecule has 0 radical (unpaired) electrons. The first-order valence-electron chi connectivity index (χ1n) is 10.3. The average molecular weight is 392 g/mol. The van der Waals surface area contributed by atoms with E-state index < -0.39 is 0 Å². The lowest BCUT2D eigenvalue weighted by atomic mass is 10.1. The maximum atomic E-state index is 13.2. The number of hydrogen-bond donors (Lipinski definition) is 0. The Kier molecular flexibility index (Phi) is 5.03. The van der Waals surface area contributed by atoms with Crippen LogP contribution in [0, 0.1) is 20.8 Å². The summed E-state index contributed by atoms with van der Waals surface area (Å²) in [4.78, 5) is 22.2. The molecule has 4 rings (SSSR count). The van der Waals surface area contributed by atoms with Crippen LogP contribution in [0.4, 0.5) is 5.69 Å². The van der Waals surface area contributed by atoms with Gasteiger partial charge in [-0.25, -0.2) is 9.67 Å². The third-order valence-electron chi connectivity index (χ3n) is 5.96. The minimum atomic E-state index is 0.0646. The van der Waals surface area contributed by atoms with Gasteiger partial charge in [-0.1, -0.05) is 12.1 Å². The third-order valence-corrected chi connectivity index (χ3v) is 5.96. The number of fused-ring (bicyclic) bond motifs is 1. The number of hydrogen-bond acceptors (Lipinski definition) is 4. The summed E-state index contributed by atoms with van der Waals surface area (Å²) in [5, 5.41) is 5.35. The predicted octanol–water partition coefficient (Wildman–Crippen LogP) is 3.90. The van der Waals surface area contributed by atoms with Gasteiger partial charge in [0.2, 0.25) is 0 Å². The molecule has 1 amide bonds. The monoisotopic (exact) mass is 391 g/mol. The van der Waals surface area contributed by atoms with Gasteiger partial charge in [0.25, 0.3) is 5.91 Å². The van der Waals surface area contributed by atoms with Crippen molar-refractivity contribution in [3.63, 3.8) is 0 Å². The number of benzene rings is 1. The largest absolute Gasteiger partial charge is 0.368 e. The van der Waals surface area contributed by atoms with Crippen molar-refractivity contribution in [2.24, 2.45) is 0 Å². The van der Waals surface area contributed by atoms with Gasteiger partial charge < -0.3 is 9.80 Å². The van der Waals surface area contributed by atoms with Crippen molar-refractivity contribution in [1.29, 1.82) is 0 Å². The Morgan fingerprint density at radius 3 is 2.48 bits per heavy atom. The molecule has 6 heteroatoms. The molecule has 152 valence electrons. The molecule has 0 spiro atoms. The molecule has 6 nitrogen and oxygen atoms in total. The summed E-state index contributed by atoms with van der Waals surface area (Å²) in [5.74, 6) is 0.0646. The van der Waals surface area contributed by atoms with E-state index in [2.05, 4.69) is 55.9 Å². The molecule has 3 heterocycles. The number of piperazine rings is 1. The minimum absolute atomic E-state index is 0.0646. The fraction of sp³-hybridized carbons (Fsp3) is 0.435. The van der Waals surface area contributed by atoms with Crippen LogP contribution in [0.1, 0.15) is 47.1 Å². The predicted molar refractivity (Wildman–Crippen MR) is 117 cm³/mol. The van der Waals surface area contributed by atoms with E-state index in [1.165, 1.54) is 16.8 Å². The van der Waals surface area contributed by atoms with E-state index in [1.807, 2.05) is 22.6 Å². The molecule has 2 aromatic heterocycles. The summed E-state index contributed by atoms with van der Waals surface area (Å²) in [5.41, 5.74) is 6.19. The number of carbonyl (C=O) groups excluding carboxylic acids is 1. The summed E-state index contributed by atoms with van der Waals surface area (Å²) in [6.07, 6.45) is 1.80. The van der Waals surface area contributed by atoms with E-state index in [-0.39, 0.29) is 11.9 Å². The molecular weight excluding hydrogens is 362 g/mol. The molecule has 1 aliphatic rings. The van der Waals surface area contributed by atoms with Crippen molar-refractivity contribution in [3.8, 4) is 0 Å². The van der Waals surface area contributed by atoms with Gasteiger partial charge in [0.05, 0.1) is 17.5 Å². The zero-order valence-electron chi connectivity index (χ0n) is 17.9. The highest BCUT2D eigenvalue weighted by atomic mass is 16.2. The van der Waals surface area contributed by atoms with Gasteiger partial charge in [-0.2, -0.15) is 5.10 Å². The lowest BCUT2D eigenvalue weighted by Gasteiger charge is -2.37. The highest BCUT2D eigenvalue weighted by molar-refractivity contribution is 5.98. The number of amides is 1. The highest BCUT2D eigenvalue weighted by Gasteiger charge is 2.25. The van der Waals surface area contributed by atoms with Crippen molar-refractivity contribution in [2.45, 2.75) is 40.7 Å². The number of anilines is 1. The van der Waals surface area contributed by atoms with Gasteiger partial charge >= 0.3 is 0 Å². The lowest BCUT2D eigenvalue weighted by molar-refractivity contribution is 0.0745. The maximum Gasteiger partial charge on any atom is 0.255 e. The Balaban J connectivity index is 1.52. The van der Waals surface area contributed by atoms with Crippen LogP contribution in [0.2, 0.25) is 0 Å². The second-order valence-electron chi connectivity index (χ2n) is 8.22. The van der Waals surface area contributed by atoms with E-state index in [9.17, 15) is 4.79 Å². The van der Waals surface area contributed by atoms with Crippen LogP contribution in [0.15, 0.2) is 30.5 Å². The molecule has 1 aromatic carbocycles. The number of pyridine rings is 1. The summed E-state index contributed by atoms with van der Waals surface area (Å²) in [6.45, 7) is 13.5. The van der Waals surface area contributed by atoms with Crippen molar-refractivity contribution in [2.75, 3.05) is 31.1 Å². The molecular formula is C23H29N5O. The normalized spacial score (nSPS) is 14.8. The summed E-state index contributed by atoms with van der Waals surface area (Å²) in [6, 6.07) is 8.61. The molecule has 0 unspecified atom stereocenters. The Bertz CT molecular complexity index is 1060. The molecule has 0 atom stereocenters. The van der Waals surface area contributed by atoms with E-state index in [0.29, 0.717) is 5.56 Å². The fourth-order valence-corrected chi connectivity index (χ4v) is 4.06. The van der Waals surface area contributed by atoms with Gasteiger partial charge in [-0.05, 0) is 57.9 Å². The van der Waals surface area contributed by atoms with Crippen LogP contribution < -0.4 is 4.90 Å². The van der Waals surface area contributed by atoms with Gasteiger partial charge in [-0.15, -0.1) is 0 Å². The first-order chi connectivity index (χ1) is 13.9. The molecule has 0 saturated carbocycles. The number of rotatable bonds is 3. The summed E-state index contributed by atoms with van der Waals surface area (Å²) in [7, 11) is 0. The lowest BCUT2D eigenvalue weighted by Crippen LogP contribution is -2.49. The van der Waals surface area contributed by atoms with E-state index in [4.69, 9.17) is 4.98 Å². The van der Waals surface area contributed by atoms with Crippen LogP contribution in [0.25, 0.3) is 11.0 Å². The number of aromatic nitrogens is 3. The second kappa shape index (κ2) is 7.50. The molecule has 3 aromatic rings. The molecule has 0 bridgehead atoms. The van der Waals surface area contributed by atoms with Crippen LogP contribution >= 0.6 is 0 Å². The third kappa shape index (κ3) is 3.48. The summed E-state index contributed by atoms with van der Waals surface area (Å²) < 4.78 is 1.90. The van der Waals surface area contributed by atoms with E-state index >= 15 is 0 Å². The topological polar surface area (TPSA) is 54.3 Å². The van der Waals surface area contributed by atoms with E-state index in [1.54, 1.807) is 6.20 Å². The first kappa shape index (κ1) is 19.4. The van der Waals surface area contributed by atoms with Gasteiger partial charge in [0, 0.05) is 43.3 Å². The smallest absolute Gasteiger partial charge is 0.255 e. The van der Waals surface area contributed by atoms with Crippen LogP contribution in [-0.2, 0) is 0 Å². The van der Waals surface area contributed by atoms with Gasteiger partial charge in [0.1, 0.15) is 0 Å².